The van der Waals surface area contributed by atoms with E-state index in [2.05, 4.69) is 15.9 Å². The van der Waals surface area contributed by atoms with Crippen LogP contribution >= 0.6 is 15.9 Å². The summed E-state index contributed by atoms with van der Waals surface area (Å²) in [6.45, 7) is 0.207. The first-order chi connectivity index (χ1) is 9.89. The summed E-state index contributed by atoms with van der Waals surface area (Å²) >= 11 is 3.38. The Morgan fingerprint density at radius 1 is 1.29 bits per heavy atom. The summed E-state index contributed by atoms with van der Waals surface area (Å²) in [5.41, 5.74) is 0.936. The van der Waals surface area contributed by atoms with Crippen LogP contribution in [0.1, 0.15) is 31.2 Å². The van der Waals surface area contributed by atoms with Crippen molar-refractivity contribution < 1.29 is 18.0 Å². The van der Waals surface area contributed by atoms with Gasteiger partial charge in [0, 0.05) is 17.4 Å². The van der Waals surface area contributed by atoms with Crippen LogP contribution in [0.25, 0.3) is 0 Å². The number of halogens is 4. The van der Waals surface area contributed by atoms with Crippen molar-refractivity contribution in [1.29, 1.82) is 0 Å². The molecule has 2 rings (SSSR count). The molecule has 2 nitrogen and oxygen atoms in total. The number of hydrogen-bond donors (Lipinski definition) is 0. The molecular weight excluding hydrogens is 347 g/mol. The van der Waals surface area contributed by atoms with Crippen LogP contribution in [0, 0.1) is 0 Å². The van der Waals surface area contributed by atoms with Gasteiger partial charge in [0.1, 0.15) is 6.04 Å². The Morgan fingerprint density at radius 2 is 2.00 bits per heavy atom. The molecule has 1 fully saturated rings. The van der Waals surface area contributed by atoms with E-state index in [0.29, 0.717) is 19.3 Å². The van der Waals surface area contributed by atoms with Crippen molar-refractivity contribution in [2.75, 3.05) is 6.54 Å². The van der Waals surface area contributed by atoms with E-state index in [1.165, 1.54) is 0 Å². The quantitative estimate of drug-likeness (QED) is 0.782. The Bertz CT molecular complexity index is 504. The van der Waals surface area contributed by atoms with Crippen LogP contribution < -0.4 is 0 Å². The molecule has 1 heterocycles. The van der Waals surface area contributed by atoms with Crippen LogP contribution in [0.4, 0.5) is 13.2 Å². The first kappa shape index (κ1) is 16.3. The fraction of sp³-hybridized carbons (Fsp3) is 0.533. The van der Waals surface area contributed by atoms with Crippen molar-refractivity contribution in [2.45, 2.75) is 44.3 Å². The summed E-state index contributed by atoms with van der Waals surface area (Å²) in [6.07, 6.45) is -2.59. The van der Waals surface area contributed by atoms with Crippen molar-refractivity contribution in [1.82, 2.24) is 4.90 Å². The van der Waals surface area contributed by atoms with Gasteiger partial charge in [-0.3, -0.25) is 4.79 Å². The SMILES string of the molecule is O=C(CCc1ccccc1Br)N1CCCCC1C(F)(F)F. The smallest absolute Gasteiger partial charge is 0.331 e. The molecule has 0 aliphatic carbocycles. The predicted octanol–water partition coefficient (Wildman–Crippen LogP) is 4.33. The van der Waals surface area contributed by atoms with Gasteiger partial charge in [-0.1, -0.05) is 34.1 Å². The maximum atomic E-state index is 13.0. The van der Waals surface area contributed by atoms with Gasteiger partial charge in [-0.15, -0.1) is 0 Å². The Labute approximate surface area is 130 Å². The molecule has 1 unspecified atom stereocenters. The average molecular weight is 364 g/mol. The number of carbonyl (C=O) groups excluding carboxylic acids is 1. The molecule has 1 saturated heterocycles. The third kappa shape index (κ3) is 4.22. The molecule has 1 atom stereocenters. The maximum absolute atomic E-state index is 13.0. The first-order valence-electron chi connectivity index (χ1n) is 6.99. The summed E-state index contributed by atoms with van der Waals surface area (Å²) in [4.78, 5) is 13.2. The molecule has 0 aromatic heterocycles. The highest BCUT2D eigenvalue weighted by Crippen LogP contribution is 2.32. The highest BCUT2D eigenvalue weighted by molar-refractivity contribution is 9.10. The summed E-state index contributed by atoms with van der Waals surface area (Å²) in [6, 6.07) is 5.83. The van der Waals surface area contributed by atoms with Crippen LogP contribution in [0.3, 0.4) is 0 Å². The second-order valence-corrected chi connectivity index (χ2v) is 6.09. The number of nitrogens with zero attached hydrogens (tertiary/aromatic N) is 1. The summed E-state index contributed by atoms with van der Waals surface area (Å²) in [7, 11) is 0. The molecule has 6 heteroatoms. The van der Waals surface area contributed by atoms with Crippen LogP contribution in [0.2, 0.25) is 0 Å². The highest BCUT2D eigenvalue weighted by atomic mass is 79.9. The van der Waals surface area contributed by atoms with E-state index in [0.717, 1.165) is 14.9 Å². The number of carbonyl (C=O) groups is 1. The van der Waals surface area contributed by atoms with Crippen LogP contribution in [0.5, 0.6) is 0 Å². The average Bonchev–Trinajstić information content (AvgIpc) is 2.45. The lowest BCUT2D eigenvalue weighted by molar-refractivity contribution is -0.195. The maximum Gasteiger partial charge on any atom is 0.408 e. The van der Waals surface area contributed by atoms with Gasteiger partial charge >= 0.3 is 6.18 Å². The van der Waals surface area contributed by atoms with Crippen molar-refractivity contribution in [3.8, 4) is 0 Å². The topological polar surface area (TPSA) is 20.3 Å². The lowest BCUT2D eigenvalue weighted by Gasteiger charge is -2.36. The molecule has 1 amide bonds. The summed E-state index contributed by atoms with van der Waals surface area (Å²) in [5, 5.41) is 0. The minimum atomic E-state index is -4.33. The van der Waals surface area contributed by atoms with E-state index in [1.54, 1.807) is 0 Å². The van der Waals surface area contributed by atoms with Crippen LogP contribution in [-0.2, 0) is 11.2 Å². The first-order valence-corrected chi connectivity index (χ1v) is 7.78. The number of benzene rings is 1. The Balaban J connectivity index is 2.00. The number of rotatable bonds is 3. The lowest BCUT2D eigenvalue weighted by atomic mass is 10.0. The monoisotopic (exact) mass is 363 g/mol. The van der Waals surface area contributed by atoms with E-state index >= 15 is 0 Å². The van der Waals surface area contributed by atoms with Crippen LogP contribution in [-0.4, -0.2) is 29.6 Å². The Morgan fingerprint density at radius 3 is 2.67 bits per heavy atom. The molecule has 0 spiro atoms. The predicted molar refractivity (Wildman–Crippen MR) is 77.9 cm³/mol. The molecule has 116 valence electrons. The zero-order valence-electron chi connectivity index (χ0n) is 11.5. The zero-order valence-corrected chi connectivity index (χ0v) is 13.1. The number of hydrogen-bond acceptors (Lipinski definition) is 1. The molecular formula is C15H17BrF3NO. The van der Waals surface area contributed by atoms with Crippen molar-refractivity contribution in [2.24, 2.45) is 0 Å². The Hall–Kier alpha value is -1.04. The van der Waals surface area contributed by atoms with Gasteiger partial charge < -0.3 is 4.90 Å². The van der Waals surface area contributed by atoms with E-state index in [4.69, 9.17) is 0 Å². The van der Waals surface area contributed by atoms with E-state index in [1.807, 2.05) is 24.3 Å². The van der Waals surface area contributed by atoms with Gasteiger partial charge in [0.2, 0.25) is 5.91 Å². The van der Waals surface area contributed by atoms with E-state index in [-0.39, 0.29) is 19.4 Å². The van der Waals surface area contributed by atoms with E-state index < -0.39 is 18.1 Å². The standard InChI is InChI=1S/C15H17BrF3NO/c16-12-6-2-1-5-11(12)8-9-14(21)20-10-4-3-7-13(20)15(17,18)19/h1-2,5-6,13H,3-4,7-10H2. The number of amides is 1. The summed E-state index contributed by atoms with van der Waals surface area (Å²) < 4.78 is 39.8. The lowest BCUT2D eigenvalue weighted by Crippen LogP contribution is -2.51. The third-order valence-electron chi connectivity index (χ3n) is 3.77. The molecule has 0 saturated carbocycles. The van der Waals surface area contributed by atoms with Gasteiger partial charge in [0.05, 0.1) is 0 Å². The minimum absolute atomic E-state index is 0.0181. The second-order valence-electron chi connectivity index (χ2n) is 5.23. The van der Waals surface area contributed by atoms with Crippen molar-refractivity contribution in [3.63, 3.8) is 0 Å². The number of piperidine rings is 1. The molecule has 1 aromatic carbocycles. The zero-order chi connectivity index (χ0) is 15.5. The third-order valence-corrected chi connectivity index (χ3v) is 4.54. The molecule has 0 radical (unpaired) electrons. The molecule has 1 aliphatic rings. The largest absolute Gasteiger partial charge is 0.408 e. The molecule has 1 aromatic rings. The number of likely N-dealkylation sites (tertiary alicyclic amines) is 1. The molecule has 21 heavy (non-hydrogen) atoms. The molecule has 0 N–H and O–H groups in total. The fourth-order valence-electron chi connectivity index (χ4n) is 2.66. The van der Waals surface area contributed by atoms with Gasteiger partial charge in [-0.25, -0.2) is 0 Å². The van der Waals surface area contributed by atoms with Gasteiger partial charge in [-0.05, 0) is 37.3 Å². The van der Waals surface area contributed by atoms with Gasteiger partial charge in [-0.2, -0.15) is 13.2 Å². The van der Waals surface area contributed by atoms with Crippen molar-refractivity contribution in [3.05, 3.63) is 34.3 Å². The second kappa shape index (κ2) is 6.81. The van der Waals surface area contributed by atoms with Gasteiger partial charge in [0.25, 0.3) is 0 Å². The van der Waals surface area contributed by atoms with Gasteiger partial charge in [0.15, 0.2) is 0 Å². The highest BCUT2D eigenvalue weighted by Gasteiger charge is 2.45. The molecule has 1 aliphatic heterocycles. The van der Waals surface area contributed by atoms with Crippen molar-refractivity contribution >= 4 is 21.8 Å². The Kier molecular flexibility index (Phi) is 5.30. The summed E-state index contributed by atoms with van der Waals surface area (Å²) in [5.74, 6) is -0.409. The fourth-order valence-corrected chi connectivity index (χ4v) is 3.14. The normalized spacial score (nSPS) is 19.6. The number of alkyl halides is 3. The van der Waals surface area contributed by atoms with E-state index in [9.17, 15) is 18.0 Å². The number of aryl methyl sites for hydroxylation is 1. The van der Waals surface area contributed by atoms with Crippen LogP contribution in [0.15, 0.2) is 28.7 Å². The molecule has 0 bridgehead atoms. The minimum Gasteiger partial charge on any atom is -0.331 e.